The predicted octanol–water partition coefficient (Wildman–Crippen LogP) is 3.16. The quantitative estimate of drug-likeness (QED) is 0.881. The largest absolute Gasteiger partial charge is 0.316 e. The third-order valence-corrected chi connectivity index (χ3v) is 3.93. The van der Waals surface area contributed by atoms with Gasteiger partial charge in [-0.3, -0.25) is 4.90 Å². The van der Waals surface area contributed by atoms with Crippen LogP contribution in [0.2, 0.25) is 5.02 Å². The number of piperidine rings is 1. The molecule has 1 unspecified atom stereocenters. The summed E-state index contributed by atoms with van der Waals surface area (Å²) in [6, 6.07) is 8.22. The smallest absolute Gasteiger partial charge is 0.0406 e. The Bertz CT molecular complexity index is 344. The van der Waals surface area contributed by atoms with Gasteiger partial charge >= 0.3 is 0 Å². The van der Waals surface area contributed by atoms with Crippen molar-refractivity contribution in [1.29, 1.82) is 0 Å². The normalized spacial score (nSPS) is 20.3. The second kappa shape index (κ2) is 7.13. The standard InChI is InChI=1S/C15H23ClN2/c1-2-18(12-14-4-3-9-17-10-14)11-13-5-7-15(16)8-6-13/h5-8,14,17H,2-4,9-12H2,1H3. The summed E-state index contributed by atoms with van der Waals surface area (Å²) in [4.78, 5) is 2.53. The topological polar surface area (TPSA) is 15.3 Å². The summed E-state index contributed by atoms with van der Waals surface area (Å²) >= 11 is 5.92. The second-order valence-electron chi connectivity index (χ2n) is 5.17. The van der Waals surface area contributed by atoms with Crippen molar-refractivity contribution in [3.05, 3.63) is 34.9 Å². The Morgan fingerprint density at radius 1 is 1.33 bits per heavy atom. The molecule has 2 rings (SSSR count). The molecule has 0 radical (unpaired) electrons. The van der Waals surface area contributed by atoms with E-state index in [0.717, 1.165) is 24.0 Å². The molecule has 1 saturated heterocycles. The molecule has 1 aliphatic rings. The number of hydrogen-bond acceptors (Lipinski definition) is 2. The lowest BCUT2D eigenvalue weighted by Crippen LogP contribution is -2.38. The molecule has 18 heavy (non-hydrogen) atoms. The van der Waals surface area contributed by atoms with Crippen molar-refractivity contribution in [2.24, 2.45) is 5.92 Å². The van der Waals surface area contributed by atoms with Crippen LogP contribution in [0.15, 0.2) is 24.3 Å². The van der Waals surface area contributed by atoms with Crippen LogP contribution in [0.3, 0.4) is 0 Å². The van der Waals surface area contributed by atoms with E-state index in [0.29, 0.717) is 0 Å². The predicted molar refractivity (Wildman–Crippen MR) is 78.0 cm³/mol. The van der Waals surface area contributed by atoms with Gasteiger partial charge in [0, 0.05) is 18.1 Å². The van der Waals surface area contributed by atoms with Crippen molar-refractivity contribution in [3.8, 4) is 0 Å². The van der Waals surface area contributed by atoms with Crippen LogP contribution < -0.4 is 5.32 Å². The Balaban J connectivity index is 1.86. The van der Waals surface area contributed by atoms with Gasteiger partial charge in [0.2, 0.25) is 0 Å². The van der Waals surface area contributed by atoms with Crippen LogP contribution in [0.1, 0.15) is 25.3 Å². The maximum Gasteiger partial charge on any atom is 0.0406 e. The number of nitrogens with zero attached hydrogens (tertiary/aromatic N) is 1. The highest BCUT2D eigenvalue weighted by atomic mass is 35.5. The molecule has 0 aromatic heterocycles. The first kappa shape index (κ1) is 13.9. The van der Waals surface area contributed by atoms with Crippen LogP contribution in [0.4, 0.5) is 0 Å². The minimum absolute atomic E-state index is 0.811. The van der Waals surface area contributed by atoms with E-state index in [1.165, 1.54) is 38.0 Å². The zero-order valence-corrected chi connectivity index (χ0v) is 11.9. The molecule has 1 fully saturated rings. The number of rotatable bonds is 5. The fourth-order valence-electron chi connectivity index (χ4n) is 2.60. The summed E-state index contributed by atoms with van der Waals surface area (Å²) in [5.74, 6) is 0.811. The van der Waals surface area contributed by atoms with E-state index < -0.39 is 0 Å². The van der Waals surface area contributed by atoms with Gasteiger partial charge in [-0.1, -0.05) is 30.7 Å². The summed E-state index contributed by atoms with van der Waals surface area (Å²) in [5, 5.41) is 4.31. The lowest BCUT2D eigenvalue weighted by atomic mass is 9.99. The van der Waals surface area contributed by atoms with Crippen LogP contribution in [0.5, 0.6) is 0 Å². The van der Waals surface area contributed by atoms with E-state index in [2.05, 4.69) is 29.3 Å². The third-order valence-electron chi connectivity index (χ3n) is 3.68. The van der Waals surface area contributed by atoms with E-state index in [1.54, 1.807) is 0 Å². The average molecular weight is 267 g/mol. The van der Waals surface area contributed by atoms with Gasteiger partial charge in [0.1, 0.15) is 0 Å². The summed E-state index contributed by atoms with van der Waals surface area (Å²) in [6.07, 6.45) is 2.69. The molecule has 2 nitrogen and oxygen atoms in total. The maximum absolute atomic E-state index is 5.92. The lowest BCUT2D eigenvalue weighted by molar-refractivity contribution is 0.209. The highest BCUT2D eigenvalue weighted by molar-refractivity contribution is 6.30. The average Bonchev–Trinajstić information content (AvgIpc) is 2.41. The number of benzene rings is 1. The fraction of sp³-hybridized carbons (Fsp3) is 0.600. The third kappa shape index (κ3) is 4.27. The van der Waals surface area contributed by atoms with Crippen molar-refractivity contribution in [2.75, 3.05) is 26.2 Å². The molecule has 3 heteroatoms. The lowest BCUT2D eigenvalue weighted by Gasteiger charge is -2.29. The molecule has 100 valence electrons. The van der Waals surface area contributed by atoms with Gasteiger partial charge in [0.15, 0.2) is 0 Å². The van der Waals surface area contributed by atoms with Gasteiger partial charge in [0.25, 0.3) is 0 Å². The second-order valence-corrected chi connectivity index (χ2v) is 5.60. The molecule has 1 aromatic rings. The molecule has 0 amide bonds. The highest BCUT2D eigenvalue weighted by Crippen LogP contribution is 2.15. The molecule has 1 heterocycles. The van der Waals surface area contributed by atoms with Crippen molar-refractivity contribution >= 4 is 11.6 Å². The van der Waals surface area contributed by atoms with Crippen LogP contribution in [0.25, 0.3) is 0 Å². The van der Waals surface area contributed by atoms with Crippen LogP contribution in [-0.4, -0.2) is 31.1 Å². The first-order valence-corrected chi connectivity index (χ1v) is 7.33. The molecule has 0 spiro atoms. The molecule has 1 atom stereocenters. The molecule has 0 saturated carbocycles. The van der Waals surface area contributed by atoms with E-state index in [-0.39, 0.29) is 0 Å². The molecular formula is C15H23ClN2. The van der Waals surface area contributed by atoms with E-state index >= 15 is 0 Å². The molecular weight excluding hydrogens is 244 g/mol. The van der Waals surface area contributed by atoms with Gasteiger partial charge < -0.3 is 5.32 Å². The van der Waals surface area contributed by atoms with E-state index in [9.17, 15) is 0 Å². The summed E-state index contributed by atoms with van der Waals surface area (Å²) < 4.78 is 0. The number of halogens is 1. The van der Waals surface area contributed by atoms with E-state index in [4.69, 9.17) is 11.6 Å². The van der Waals surface area contributed by atoms with Crippen LogP contribution >= 0.6 is 11.6 Å². The van der Waals surface area contributed by atoms with Crippen LogP contribution in [0, 0.1) is 5.92 Å². The van der Waals surface area contributed by atoms with Crippen LogP contribution in [-0.2, 0) is 6.54 Å². The Kier molecular flexibility index (Phi) is 5.48. The molecule has 1 N–H and O–H groups in total. The van der Waals surface area contributed by atoms with E-state index in [1.807, 2.05) is 12.1 Å². The summed E-state index contributed by atoms with van der Waals surface area (Å²) in [7, 11) is 0. The molecule has 1 aliphatic heterocycles. The minimum atomic E-state index is 0.811. The number of hydrogen-bond donors (Lipinski definition) is 1. The summed E-state index contributed by atoms with van der Waals surface area (Å²) in [5.41, 5.74) is 1.35. The van der Waals surface area contributed by atoms with Crippen molar-refractivity contribution in [2.45, 2.75) is 26.3 Å². The Morgan fingerprint density at radius 3 is 2.72 bits per heavy atom. The zero-order valence-electron chi connectivity index (χ0n) is 11.2. The maximum atomic E-state index is 5.92. The zero-order chi connectivity index (χ0) is 12.8. The Labute approximate surface area is 115 Å². The SMILES string of the molecule is CCN(Cc1ccc(Cl)cc1)CC1CCCNC1. The number of nitrogens with one attached hydrogen (secondary N) is 1. The monoisotopic (exact) mass is 266 g/mol. The Morgan fingerprint density at radius 2 is 2.11 bits per heavy atom. The molecule has 1 aromatic carbocycles. The van der Waals surface area contributed by atoms with Gasteiger partial charge in [0.05, 0.1) is 0 Å². The van der Waals surface area contributed by atoms with Crippen molar-refractivity contribution in [3.63, 3.8) is 0 Å². The first-order valence-electron chi connectivity index (χ1n) is 6.95. The molecule has 0 bridgehead atoms. The highest BCUT2D eigenvalue weighted by Gasteiger charge is 2.16. The van der Waals surface area contributed by atoms with Gasteiger partial charge in [-0.05, 0) is 56.1 Å². The fourth-order valence-corrected chi connectivity index (χ4v) is 2.72. The van der Waals surface area contributed by atoms with Gasteiger partial charge in [-0.25, -0.2) is 0 Å². The minimum Gasteiger partial charge on any atom is -0.316 e. The Hall–Kier alpha value is -0.570. The summed E-state index contributed by atoms with van der Waals surface area (Å²) in [6.45, 7) is 7.96. The van der Waals surface area contributed by atoms with Crippen molar-refractivity contribution < 1.29 is 0 Å². The molecule has 0 aliphatic carbocycles. The van der Waals surface area contributed by atoms with Gasteiger partial charge in [-0.15, -0.1) is 0 Å². The van der Waals surface area contributed by atoms with Gasteiger partial charge in [-0.2, -0.15) is 0 Å². The first-order chi connectivity index (χ1) is 8.78. The van der Waals surface area contributed by atoms with Crippen molar-refractivity contribution in [1.82, 2.24) is 10.2 Å².